The molecule has 0 radical (unpaired) electrons. The Hall–Kier alpha value is -3.66. The van der Waals surface area contributed by atoms with Crippen LogP contribution in [0, 0.1) is 21.4 Å². The molecule has 7 nitrogen and oxygen atoms in total. The van der Waals surface area contributed by atoms with Crippen LogP contribution >= 0.6 is 0 Å². The molecule has 1 N–H and O–H groups in total. The monoisotopic (exact) mass is 306 g/mol. The number of nitrogens with one attached hydrogen (secondary N) is 1. The summed E-state index contributed by atoms with van der Waals surface area (Å²) in [4.78, 5) is 17.3. The lowest BCUT2D eigenvalue weighted by Gasteiger charge is -1.89. The highest BCUT2D eigenvalue weighted by Gasteiger charge is 2.10. The Morgan fingerprint density at radius 1 is 1.35 bits per heavy atom. The molecule has 1 aromatic carbocycles. The van der Waals surface area contributed by atoms with E-state index < -0.39 is 4.92 Å². The molecule has 3 rings (SSSR count). The van der Waals surface area contributed by atoms with E-state index in [2.05, 4.69) is 16.0 Å². The second kappa shape index (κ2) is 5.99. The Labute approximate surface area is 130 Å². The Bertz CT molecular complexity index is 940. The molecule has 23 heavy (non-hydrogen) atoms. The lowest BCUT2D eigenvalue weighted by atomic mass is 10.2. The normalized spacial score (nSPS) is 11.9. The minimum Gasteiger partial charge on any atom is -0.401 e. The number of allylic oxidation sites excluding steroid dienone is 3. The third-order valence-corrected chi connectivity index (χ3v) is 3.08. The summed E-state index contributed by atoms with van der Waals surface area (Å²) < 4.78 is 4.99. The van der Waals surface area contributed by atoms with Gasteiger partial charge in [-0.2, -0.15) is 5.26 Å². The van der Waals surface area contributed by atoms with E-state index in [1.165, 1.54) is 18.2 Å². The van der Waals surface area contributed by atoms with Gasteiger partial charge in [0.1, 0.15) is 22.6 Å². The molecule has 3 aromatic rings. The number of imidazole rings is 1. The third-order valence-electron chi connectivity index (χ3n) is 3.08. The van der Waals surface area contributed by atoms with Crippen molar-refractivity contribution in [1.29, 1.82) is 5.26 Å². The Balaban J connectivity index is 1.85. The summed E-state index contributed by atoms with van der Waals surface area (Å²) >= 11 is 0. The Morgan fingerprint density at radius 2 is 2.17 bits per heavy atom. The van der Waals surface area contributed by atoms with Gasteiger partial charge in [-0.15, -0.1) is 0 Å². The molecule has 0 saturated heterocycles. The molecular weight excluding hydrogens is 296 g/mol. The number of rotatable bonds is 4. The Morgan fingerprint density at radius 3 is 2.87 bits per heavy atom. The minimum absolute atomic E-state index is 0.327. The summed E-state index contributed by atoms with van der Waals surface area (Å²) in [5.74, 6) is 0.463. The van der Waals surface area contributed by atoms with E-state index >= 15 is 0 Å². The second-order valence-corrected chi connectivity index (χ2v) is 4.59. The van der Waals surface area contributed by atoms with Gasteiger partial charge in [0.15, 0.2) is 0 Å². The van der Waals surface area contributed by atoms with Crippen molar-refractivity contribution in [3.8, 4) is 6.07 Å². The van der Waals surface area contributed by atoms with Gasteiger partial charge in [0.25, 0.3) is 0 Å². The van der Waals surface area contributed by atoms with Crippen LogP contribution in [0.3, 0.4) is 0 Å². The highest BCUT2D eigenvalue weighted by molar-refractivity contribution is 5.82. The number of hydrogen-bond donors (Lipinski definition) is 1. The van der Waals surface area contributed by atoms with Gasteiger partial charge in [0.05, 0.1) is 22.7 Å². The molecule has 7 heteroatoms. The highest BCUT2D eigenvalue weighted by atomic mass is 16.6. The number of furan rings is 1. The van der Waals surface area contributed by atoms with Crippen LogP contribution in [0.4, 0.5) is 5.88 Å². The van der Waals surface area contributed by atoms with E-state index in [0.717, 1.165) is 11.0 Å². The predicted molar refractivity (Wildman–Crippen MR) is 84.1 cm³/mol. The molecule has 0 unspecified atom stereocenters. The maximum absolute atomic E-state index is 10.5. The molecule has 2 heterocycles. The summed E-state index contributed by atoms with van der Waals surface area (Å²) in [5.41, 5.74) is 1.96. The first kappa shape index (κ1) is 14.3. The van der Waals surface area contributed by atoms with Crippen molar-refractivity contribution in [3.63, 3.8) is 0 Å². The van der Waals surface area contributed by atoms with Gasteiger partial charge < -0.3 is 9.40 Å². The third kappa shape index (κ3) is 3.01. The zero-order valence-corrected chi connectivity index (χ0v) is 11.8. The number of nitrogens with zero attached hydrogens (tertiary/aromatic N) is 3. The van der Waals surface area contributed by atoms with Crippen molar-refractivity contribution in [2.24, 2.45) is 0 Å². The molecule has 0 fully saturated rings. The topological polar surface area (TPSA) is 109 Å². The summed E-state index contributed by atoms with van der Waals surface area (Å²) in [7, 11) is 0. The summed E-state index contributed by atoms with van der Waals surface area (Å²) in [6.45, 7) is 0. The minimum atomic E-state index is -0.609. The number of aromatic amines is 1. The zero-order chi connectivity index (χ0) is 16.2. The van der Waals surface area contributed by atoms with Crippen molar-refractivity contribution in [1.82, 2.24) is 9.97 Å². The molecule has 112 valence electrons. The molecule has 0 aliphatic heterocycles. The van der Waals surface area contributed by atoms with Gasteiger partial charge in [-0.25, -0.2) is 4.98 Å². The van der Waals surface area contributed by atoms with Crippen molar-refractivity contribution in [3.05, 3.63) is 70.2 Å². The van der Waals surface area contributed by atoms with Crippen LogP contribution in [-0.4, -0.2) is 14.9 Å². The van der Waals surface area contributed by atoms with E-state index in [4.69, 9.17) is 4.42 Å². The average molecular weight is 306 g/mol. The van der Waals surface area contributed by atoms with E-state index in [1.807, 2.05) is 24.3 Å². The van der Waals surface area contributed by atoms with Crippen molar-refractivity contribution < 1.29 is 9.34 Å². The quantitative estimate of drug-likeness (QED) is 0.342. The van der Waals surface area contributed by atoms with Crippen molar-refractivity contribution in [2.75, 3.05) is 0 Å². The smallest absolute Gasteiger partial charge is 0.401 e. The number of aromatic nitrogens is 2. The summed E-state index contributed by atoms with van der Waals surface area (Å²) in [6, 6.07) is 12.3. The maximum atomic E-state index is 10.5. The fourth-order valence-corrected chi connectivity index (χ4v) is 2.02. The lowest BCUT2D eigenvalue weighted by Crippen LogP contribution is -1.83. The molecule has 0 saturated carbocycles. The number of hydrogen-bond acceptors (Lipinski definition) is 5. The van der Waals surface area contributed by atoms with E-state index in [-0.39, 0.29) is 5.88 Å². The number of para-hydroxylation sites is 2. The van der Waals surface area contributed by atoms with Crippen LogP contribution in [0.2, 0.25) is 0 Å². The van der Waals surface area contributed by atoms with Crippen molar-refractivity contribution in [2.45, 2.75) is 0 Å². The first-order valence-corrected chi connectivity index (χ1v) is 6.65. The molecule has 0 amide bonds. The van der Waals surface area contributed by atoms with Crippen molar-refractivity contribution >= 4 is 28.6 Å². The van der Waals surface area contributed by atoms with Gasteiger partial charge in [0.2, 0.25) is 0 Å². The van der Waals surface area contributed by atoms with Crippen LogP contribution in [-0.2, 0) is 0 Å². The largest absolute Gasteiger partial charge is 0.433 e. The number of H-pyrrole nitrogens is 1. The number of benzene rings is 1. The van der Waals surface area contributed by atoms with Crippen LogP contribution < -0.4 is 0 Å². The molecule has 0 aliphatic carbocycles. The molecule has 0 spiro atoms. The first-order chi connectivity index (χ1) is 11.2. The standard InChI is InChI=1S/C16H10N4O3/c17-10-11(16-18-13-6-1-2-7-14(13)19-16)4-3-5-12-8-9-15(23-12)20(21)22/h1-9H,(H,18,19)/b5-3+,11-4+. The van der Waals surface area contributed by atoms with Crippen LogP contribution in [0.25, 0.3) is 22.7 Å². The van der Waals surface area contributed by atoms with Gasteiger partial charge >= 0.3 is 5.88 Å². The Kier molecular flexibility index (Phi) is 3.72. The molecule has 2 aromatic heterocycles. The van der Waals surface area contributed by atoms with Gasteiger partial charge in [-0.1, -0.05) is 18.2 Å². The van der Waals surface area contributed by atoms with E-state index in [9.17, 15) is 15.4 Å². The lowest BCUT2D eigenvalue weighted by molar-refractivity contribution is -0.402. The van der Waals surface area contributed by atoms with Gasteiger partial charge in [0, 0.05) is 0 Å². The molecule has 0 aliphatic rings. The molecule has 0 atom stereocenters. The van der Waals surface area contributed by atoms with Crippen LogP contribution in [0.1, 0.15) is 11.6 Å². The van der Waals surface area contributed by atoms with Crippen LogP contribution in [0.15, 0.2) is 53.0 Å². The maximum Gasteiger partial charge on any atom is 0.433 e. The molecular formula is C16H10N4O3. The fraction of sp³-hybridized carbons (Fsp3) is 0. The predicted octanol–water partition coefficient (Wildman–Crippen LogP) is 3.68. The second-order valence-electron chi connectivity index (χ2n) is 4.59. The SMILES string of the molecule is N#C/C(=C\C=C\c1ccc([N+](=O)[O-])o1)c1nc2ccccc2[nH]1. The van der Waals surface area contributed by atoms with Crippen LogP contribution in [0.5, 0.6) is 0 Å². The summed E-state index contributed by atoms with van der Waals surface area (Å²) in [5, 5.41) is 19.8. The molecule has 0 bridgehead atoms. The van der Waals surface area contributed by atoms with E-state index in [0.29, 0.717) is 17.2 Å². The fourth-order valence-electron chi connectivity index (χ4n) is 2.02. The number of fused-ring (bicyclic) bond motifs is 1. The summed E-state index contributed by atoms with van der Waals surface area (Å²) in [6.07, 6.45) is 4.67. The number of nitriles is 1. The van der Waals surface area contributed by atoms with Gasteiger partial charge in [-0.3, -0.25) is 10.1 Å². The highest BCUT2D eigenvalue weighted by Crippen LogP contribution is 2.18. The van der Waals surface area contributed by atoms with E-state index in [1.54, 1.807) is 12.2 Å². The average Bonchev–Trinajstić information content (AvgIpc) is 3.18. The first-order valence-electron chi connectivity index (χ1n) is 6.65. The number of nitro groups is 1. The zero-order valence-electron chi connectivity index (χ0n) is 11.8. The van der Waals surface area contributed by atoms with Gasteiger partial charge in [-0.05, 0) is 30.4 Å².